The summed E-state index contributed by atoms with van der Waals surface area (Å²) < 4.78 is 13.0. The summed E-state index contributed by atoms with van der Waals surface area (Å²) in [6, 6.07) is 4.80. The summed E-state index contributed by atoms with van der Waals surface area (Å²) >= 11 is 6.08. The van der Waals surface area contributed by atoms with E-state index in [0.717, 1.165) is 17.9 Å². The van der Waals surface area contributed by atoms with Gasteiger partial charge in [0.1, 0.15) is 5.82 Å². The van der Waals surface area contributed by atoms with Gasteiger partial charge in [0, 0.05) is 11.1 Å². The first-order chi connectivity index (χ1) is 9.10. The van der Waals surface area contributed by atoms with E-state index in [1.807, 2.05) is 0 Å². The predicted octanol–water partition coefficient (Wildman–Crippen LogP) is 3.68. The monoisotopic (exact) mass is 284 g/mol. The Labute approximate surface area is 119 Å². The van der Waals surface area contributed by atoms with E-state index < -0.39 is 0 Å². The standard InChI is InChI=1S/C15H22ClFN2/c1-10-2-4-11(5-3-10)15(19-18)8-12-6-7-13(17)9-14(12)16/h6-7,9-11,15,19H,2-5,8,18H2,1H3. The first-order valence-corrected chi connectivity index (χ1v) is 7.38. The van der Waals surface area contributed by atoms with Crippen LogP contribution < -0.4 is 11.3 Å². The maximum Gasteiger partial charge on any atom is 0.124 e. The summed E-state index contributed by atoms with van der Waals surface area (Å²) in [6.45, 7) is 2.30. The third-order valence-corrected chi connectivity index (χ3v) is 4.65. The van der Waals surface area contributed by atoms with Gasteiger partial charge < -0.3 is 0 Å². The quantitative estimate of drug-likeness (QED) is 0.654. The van der Waals surface area contributed by atoms with E-state index in [2.05, 4.69) is 12.3 Å². The summed E-state index contributed by atoms with van der Waals surface area (Å²) in [5, 5.41) is 0.490. The highest BCUT2D eigenvalue weighted by atomic mass is 35.5. The molecule has 0 aliphatic heterocycles. The second-order valence-corrected chi connectivity index (χ2v) is 6.14. The highest BCUT2D eigenvalue weighted by Gasteiger charge is 2.26. The zero-order valence-electron chi connectivity index (χ0n) is 11.3. The average Bonchev–Trinajstić information content (AvgIpc) is 2.39. The molecule has 2 rings (SSSR count). The maximum absolute atomic E-state index is 13.0. The first kappa shape index (κ1) is 14.8. The molecule has 4 heteroatoms. The Kier molecular flexibility index (Phi) is 5.20. The molecule has 19 heavy (non-hydrogen) atoms. The zero-order chi connectivity index (χ0) is 13.8. The summed E-state index contributed by atoms with van der Waals surface area (Å²) in [6.07, 6.45) is 5.69. The molecule has 1 fully saturated rings. The van der Waals surface area contributed by atoms with Crippen molar-refractivity contribution in [3.05, 3.63) is 34.6 Å². The minimum Gasteiger partial charge on any atom is -0.271 e. The minimum absolute atomic E-state index is 0.218. The van der Waals surface area contributed by atoms with Crippen molar-refractivity contribution in [2.45, 2.75) is 45.1 Å². The number of hydrazine groups is 1. The van der Waals surface area contributed by atoms with Crippen LogP contribution in [-0.2, 0) is 6.42 Å². The Morgan fingerprint density at radius 1 is 1.37 bits per heavy atom. The van der Waals surface area contributed by atoms with Crippen molar-refractivity contribution in [3.63, 3.8) is 0 Å². The molecule has 3 N–H and O–H groups in total. The van der Waals surface area contributed by atoms with Crippen molar-refractivity contribution in [2.24, 2.45) is 17.7 Å². The lowest BCUT2D eigenvalue weighted by Gasteiger charge is -2.32. The topological polar surface area (TPSA) is 38.0 Å². The summed E-state index contributed by atoms with van der Waals surface area (Å²) in [7, 11) is 0. The molecule has 1 saturated carbocycles. The Bertz CT molecular complexity index is 417. The Balaban J connectivity index is 2.02. The fraction of sp³-hybridized carbons (Fsp3) is 0.600. The molecule has 1 aliphatic carbocycles. The summed E-state index contributed by atoms with van der Waals surface area (Å²) in [5.41, 5.74) is 3.89. The van der Waals surface area contributed by atoms with Crippen LogP contribution >= 0.6 is 11.6 Å². The van der Waals surface area contributed by atoms with Crippen molar-refractivity contribution in [3.8, 4) is 0 Å². The van der Waals surface area contributed by atoms with E-state index >= 15 is 0 Å². The molecule has 1 aliphatic rings. The van der Waals surface area contributed by atoms with Crippen LogP contribution in [0.1, 0.15) is 38.2 Å². The van der Waals surface area contributed by atoms with Crippen LogP contribution in [0.5, 0.6) is 0 Å². The Morgan fingerprint density at radius 2 is 2.05 bits per heavy atom. The lowest BCUT2D eigenvalue weighted by Crippen LogP contribution is -2.43. The fourth-order valence-corrected chi connectivity index (χ4v) is 3.22. The number of rotatable bonds is 4. The maximum atomic E-state index is 13.0. The van der Waals surface area contributed by atoms with Crippen molar-refractivity contribution < 1.29 is 4.39 Å². The number of hydrogen-bond donors (Lipinski definition) is 2. The third kappa shape index (κ3) is 3.91. The zero-order valence-corrected chi connectivity index (χ0v) is 12.1. The molecule has 0 aromatic heterocycles. The molecule has 1 aromatic carbocycles. The molecule has 0 amide bonds. The van der Waals surface area contributed by atoms with Crippen LogP contribution in [0, 0.1) is 17.7 Å². The number of halogens is 2. The molecule has 1 unspecified atom stereocenters. The molecular formula is C15H22ClFN2. The number of nitrogens with one attached hydrogen (secondary N) is 1. The minimum atomic E-state index is -0.294. The van der Waals surface area contributed by atoms with Crippen LogP contribution in [0.4, 0.5) is 4.39 Å². The molecule has 106 valence electrons. The number of hydrogen-bond acceptors (Lipinski definition) is 2. The normalized spacial score (nSPS) is 25.3. The third-order valence-electron chi connectivity index (χ3n) is 4.30. The average molecular weight is 285 g/mol. The summed E-state index contributed by atoms with van der Waals surface area (Å²) in [4.78, 5) is 0. The SMILES string of the molecule is CC1CCC(C(Cc2ccc(F)cc2Cl)NN)CC1. The van der Waals surface area contributed by atoms with Gasteiger partial charge in [-0.15, -0.1) is 0 Å². The number of benzene rings is 1. The van der Waals surface area contributed by atoms with E-state index in [4.69, 9.17) is 17.4 Å². The molecular weight excluding hydrogens is 263 g/mol. The number of nitrogens with two attached hydrogens (primary N) is 1. The van der Waals surface area contributed by atoms with Gasteiger partial charge in [-0.2, -0.15) is 0 Å². The van der Waals surface area contributed by atoms with E-state index in [1.54, 1.807) is 6.07 Å². The van der Waals surface area contributed by atoms with E-state index in [1.165, 1.54) is 37.8 Å². The molecule has 2 nitrogen and oxygen atoms in total. The van der Waals surface area contributed by atoms with Crippen LogP contribution in [0.25, 0.3) is 0 Å². The summed E-state index contributed by atoms with van der Waals surface area (Å²) in [5.74, 6) is 6.81. The smallest absolute Gasteiger partial charge is 0.124 e. The fourth-order valence-electron chi connectivity index (χ4n) is 2.97. The Morgan fingerprint density at radius 3 is 2.63 bits per heavy atom. The molecule has 1 atom stereocenters. The van der Waals surface area contributed by atoms with Crippen molar-refractivity contribution in [1.82, 2.24) is 5.43 Å². The van der Waals surface area contributed by atoms with Gasteiger partial charge in [0.25, 0.3) is 0 Å². The second kappa shape index (κ2) is 6.69. The Hall–Kier alpha value is -0.640. The van der Waals surface area contributed by atoms with E-state index in [0.29, 0.717) is 10.9 Å². The molecule has 0 saturated heterocycles. The first-order valence-electron chi connectivity index (χ1n) is 7.00. The highest BCUT2D eigenvalue weighted by Crippen LogP contribution is 2.32. The van der Waals surface area contributed by atoms with Gasteiger partial charge in [-0.1, -0.05) is 37.4 Å². The van der Waals surface area contributed by atoms with Crippen molar-refractivity contribution >= 4 is 11.6 Å². The molecule has 0 bridgehead atoms. The van der Waals surface area contributed by atoms with E-state index in [-0.39, 0.29) is 11.9 Å². The lowest BCUT2D eigenvalue weighted by atomic mass is 9.78. The molecule has 0 spiro atoms. The lowest BCUT2D eigenvalue weighted by molar-refractivity contribution is 0.229. The van der Waals surface area contributed by atoms with E-state index in [9.17, 15) is 4.39 Å². The van der Waals surface area contributed by atoms with Gasteiger partial charge in [0.15, 0.2) is 0 Å². The highest BCUT2D eigenvalue weighted by molar-refractivity contribution is 6.31. The van der Waals surface area contributed by atoms with Gasteiger partial charge in [0.05, 0.1) is 0 Å². The van der Waals surface area contributed by atoms with Gasteiger partial charge in [-0.3, -0.25) is 11.3 Å². The molecule has 1 aromatic rings. The van der Waals surface area contributed by atoms with Crippen molar-refractivity contribution in [2.75, 3.05) is 0 Å². The predicted molar refractivity (Wildman–Crippen MR) is 77.3 cm³/mol. The molecule has 0 radical (unpaired) electrons. The van der Waals surface area contributed by atoms with Gasteiger partial charge in [-0.05, 0) is 48.8 Å². The van der Waals surface area contributed by atoms with Gasteiger partial charge >= 0.3 is 0 Å². The molecule has 0 heterocycles. The van der Waals surface area contributed by atoms with Crippen molar-refractivity contribution in [1.29, 1.82) is 0 Å². The second-order valence-electron chi connectivity index (χ2n) is 5.73. The van der Waals surface area contributed by atoms with Crippen LogP contribution in [-0.4, -0.2) is 6.04 Å². The van der Waals surface area contributed by atoms with Crippen LogP contribution in [0.3, 0.4) is 0 Å². The van der Waals surface area contributed by atoms with Gasteiger partial charge in [-0.25, -0.2) is 4.39 Å². The largest absolute Gasteiger partial charge is 0.271 e. The van der Waals surface area contributed by atoms with Crippen LogP contribution in [0.15, 0.2) is 18.2 Å². The van der Waals surface area contributed by atoms with Gasteiger partial charge in [0.2, 0.25) is 0 Å². The van der Waals surface area contributed by atoms with Crippen LogP contribution in [0.2, 0.25) is 5.02 Å².